The number of ether oxygens (including phenoxy) is 1. The molecule has 0 aromatic carbocycles. The van der Waals surface area contributed by atoms with Crippen molar-refractivity contribution in [1.82, 2.24) is 0 Å². The second-order valence-corrected chi connectivity index (χ2v) is 11.7. The first kappa shape index (κ1) is 23.1. The van der Waals surface area contributed by atoms with E-state index in [1.807, 2.05) is 0 Å². The third kappa shape index (κ3) is 2.84. The number of halogens is 1. The molecule has 0 radical (unpaired) electrons. The Labute approximate surface area is 190 Å². The monoisotopic (exact) mass is 498 g/mol. The number of Topliss-reactive ketones (excluding diaryl/α,β-unsaturated/α-hetero) is 1. The molecule has 4 rings (SSSR count). The molecule has 31 heavy (non-hydrogen) atoms. The Bertz CT molecular complexity index is 870. The Morgan fingerprint density at radius 1 is 1.19 bits per heavy atom. The van der Waals surface area contributed by atoms with E-state index < -0.39 is 51.3 Å². The fourth-order valence-electron chi connectivity index (χ4n) is 7.37. The second kappa shape index (κ2) is 7.20. The van der Waals surface area contributed by atoms with Crippen LogP contribution in [0.15, 0.2) is 11.6 Å². The first-order valence-electron chi connectivity index (χ1n) is 11.0. The SMILES string of the molecule is CC(=O)OCC(=O)[C@@]1(O)C(O)C[C@H]2[C@@H]3CCC4=CC(=O)CC[C@]4(C)[C@@]3(Br)C(O)C[C@@]21C. The highest BCUT2D eigenvalue weighted by Gasteiger charge is 2.75. The van der Waals surface area contributed by atoms with Crippen molar-refractivity contribution in [1.29, 1.82) is 0 Å². The Hall–Kier alpha value is -1.09. The molecular formula is C23H31BrO7. The van der Waals surface area contributed by atoms with Gasteiger partial charge in [-0.15, -0.1) is 0 Å². The molecule has 0 bridgehead atoms. The van der Waals surface area contributed by atoms with E-state index in [2.05, 4.69) is 22.9 Å². The number of alkyl halides is 1. The molecule has 7 nitrogen and oxygen atoms in total. The van der Waals surface area contributed by atoms with Crippen LogP contribution in [0, 0.1) is 22.7 Å². The Kier molecular flexibility index (Phi) is 5.36. The number of ketones is 2. The first-order valence-corrected chi connectivity index (χ1v) is 11.8. The average molecular weight is 499 g/mol. The topological polar surface area (TPSA) is 121 Å². The van der Waals surface area contributed by atoms with Crippen LogP contribution in [0.25, 0.3) is 0 Å². The Morgan fingerprint density at radius 3 is 2.52 bits per heavy atom. The smallest absolute Gasteiger partial charge is 0.303 e. The van der Waals surface area contributed by atoms with E-state index in [9.17, 15) is 29.7 Å². The van der Waals surface area contributed by atoms with E-state index in [0.29, 0.717) is 25.7 Å². The molecule has 0 saturated heterocycles. The van der Waals surface area contributed by atoms with Gasteiger partial charge in [-0.1, -0.05) is 35.4 Å². The highest BCUT2D eigenvalue weighted by atomic mass is 79.9. The number of esters is 1. The van der Waals surface area contributed by atoms with Crippen molar-refractivity contribution in [3.05, 3.63) is 11.6 Å². The summed E-state index contributed by atoms with van der Waals surface area (Å²) in [7, 11) is 0. The zero-order valence-corrected chi connectivity index (χ0v) is 19.8. The van der Waals surface area contributed by atoms with Crippen molar-refractivity contribution < 1.29 is 34.4 Å². The molecule has 0 aromatic heterocycles. The van der Waals surface area contributed by atoms with Crippen LogP contribution < -0.4 is 0 Å². The maximum atomic E-state index is 13.0. The van der Waals surface area contributed by atoms with E-state index in [1.165, 1.54) is 6.92 Å². The van der Waals surface area contributed by atoms with Gasteiger partial charge in [-0.25, -0.2) is 0 Å². The van der Waals surface area contributed by atoms with Crippen LogP contribution in [0.4, 0.5) is 0 Å². The summed E-state index contributed by atoms with van der Waals surface area (Å²) < 4.78 is 4.11. The molecular weight excluding hydrogens is 468 g/mol. The lowest BCUT2D eigenvalue weighted by atomic mass is 9.45. The normalized spacial score (nSPS) is 48.9. The minimum absolute atomic E-state index is 0.107. The van der Waals surface area contributed by atoms with Gasteiger partial charge in [0.15, 0.2) is 18.0 Å². The van der Waals surface area contributed by atoms with Gasteiger partial charge in [0.1, 0.15) is 0 Å². The fourth-order valence-corrected chi connectivity index (χ4v) is 8.53. The number of carbonyl (C=O) groups excluding carboxylic acids is 3. The predicted octanol–water partition coefficient (Wildman–Crippen LogP) is 1.84. The fraction of sp³-hybridized carbons (Fsp3) is 0.783. The van der Waals surface area contributed by atoms with Gasteiger partial charge >= 0.3 is 5.97 Å². The van der Waals surface area contributed by atoms with Crippen LogP contribution in [0.5, 0.6) is 0 Å². The average Bonchev–Trinajstić information content (AvgIpc) is 2.89. The van der Waals surface area contributed by atoms with Crippen molar-refractivity contribution >= 4 is 33.5 Å². The van der Waals surface area contributed by atoms with Gasteiger partial charge in [0.05, 0.1) is 16.5 Å². The third-order valence-electron chi connectivity index (χ3n) is 9.09. The molecule has 4 aliphatic rings. The van der Waals surface area contributed by atoms with Crippen molar-refractivity contribution in [3.63, 3.8) is 0 Å². The quantitative estimate of drug-likeness (QED) is 0.400. The molecule has 4 aliphatic carbocycles. The number of carbonyl (C=O) groups is 3. The highest BCUT2D eigenvalue weighted by Crippen LogP contribution is 2.71. The van der Waals surface area contributed by atoms with Gasteiger partial charge in [-0.3, -0.25) is 14.4 Å². The van der Waals surface area contributed by atoms with Crippen LogP contribution >= 0.6 is 15.9 Å². The van der Waals surface area contributed by atoms with Crippen molar-refractivity contribution in [2.45, 2.75) is 81.4 Å². The molecule has 0 heterocycles. The lowest BCUT2D eigenvalue weighted by molar-refractivity contribution is -0.189. The van der Waals surface area contributed by atoms with E-state index in [4.69, 9.17) is 4.74 Å². The van der Waals surface area contributed by atoms with Crippen molar-refractivity contribution in [3.8, 4) is 0 Å². The largest absolute Gasteiger partial charge is 0.458 e. The van der Waals surface area contributed by atoms with Gasteiger partial charge in [0.2, 0.25) is 5.78 Å². The van der Waals surface area contributed by atoms with Gasteiger partial charge in [0.25, 0.3) is 0 Å². The maximum Gasteiger partial charge on any atom is 0.303 e. The number of allylic oxidation sites excluding steroid dienone is 1. The molecule has 172 valence electrons. The van der Waals surface area contributed by atoms with Crippen LogP contribution in [0.3, 0.4) is 0 Å². The maximum absolute atomic E-state index is 13.0. The molecule has 3 fully saturated rings. The standard InChI is InChI=1S/C23H31BrO7/c1-12(25)31-11-19(29)23(30)17(27)9-16-15-5-4-13-8-14(26)6-7-20(13,2)22(15,24)18(28)10-21(16,23)3/h8,15-18,27-28,30H,4-7,9-11H2,1-3H3/t15-,16-,17?,18?,20-,21-,22-,23-/m0/s1. The summed E-state index contributed by atoms with van der Waals surface area (Å²) in [6, 6.07) is 0. The van der Waals surface area contributed by atoms with E-state index in [-0.39, 0.29) is 30.5 Å². The molecule has 8 heteroatoms. The number of aliphatic hydroxyl groups is 3. The number of fused-ring (bicyclic) bond motifs is 5. The lowest BCUT2D eigenvalue weighted by Gasteiger charge is -2.65. The molecule has 0 spiro atoms. The van der Waals surface area contributed by atoms with Crippen LogP contribution in [0.2, 0.25) is 0 Å². The van der Waals surface area contributed by atoms with Gasteiger partial charge in [-0.2, -0.15) is 0 Å². The van der Waals surface area contributed by atoms with Gasteiger partial charge in [-0.05, 0) is 50.0 Å². The molecule has 3 saturated carbocycles. The minimum Gasteiger partial charge on any atom is -0.458 e. The predicted molar refractivity (Wildman–Crippen MR) is 114 cm³/mol. The summed E-state index contributed by atoms with van der Waals surface area (Å²) in [4.78, 5) is 36.2. The summed E-state index contributed by atoms with van der Waals surface area (Å²) in [5, 5.41) is 34.0. The molecule has 0 aliphatic heterocycles. The molecule has 3 N–H and O–H groups in total. The summed E-state index contributed by atoms with van der Waals surface area (Å²) in [5.74, 6) is -1.60. The summed E-state index contributed by atoms with van der Waals surface area (Å²) in [6.45, 7) is 4.41. The Morgan fingerprint density at radius 2 is 1.87 bits per heavy atom. The van der Waals surface area contributed by atoms with E-state index in [1.54, 1.807) is 13.0 Å². The number of rotatable bonds is 3. The van der Waals surface area contributed by atoms with Crippen LogP contribution in [0.1, 0.15) is 59.3 Å². The number of aliphatic hydroxyl groups excluding tert-OH is 2. The van der Waals surface area contributed by atoms with Crippen molar-refractivity contribution in [2.75, 3.05) is 6.61 Å². The molecule has 0 aromatic rings. The molecule has 2 unspecified atom stereocenters. The molecule has 0 amide bonds. The summed E-state index contributed by atoms with van der Waals surface area (Å²) >= 11 is 3.94. The van der Waals surface area contributed by atoms with Gasteiger partial charge in [0, 0.05) is 24.2 Å². The first-order chi connectivity index (χ1) is 14.3. The summed E-state index contributed by atoms with van der Waals surface area (Å²) in [5.41, 5.74) is -2.58. The number of hydrogen-bond acceptors (Lipinski definition) is 7. The van der Waals surface area contributed by atoms with E-state index in [0.717, 1.165) is 5.57 Å². The lowest BCUT2D eigenvalue weighted by Crippen LogP contribution is -2.69. The minimum atomic E-state index is -2.11. The number of hydrogen-bond donors (Lipinski definition) is 3. The van der Waals surface area contributed by atoms with Gasteiger partial charge < -0.3 is 20.1 Å². The van der Waals surface area contributed by atoms with E-state index >= 15 is 0 Å². The van der Waals surface area contributed by atoms with Crippen LogP contribution in [-0.4, -0.2) is 61.6 Å². The summed E-state index contributed by atoms with van der Waals surface area (Å²) in [6.07, 6.45) is 2.26. The zero-order chi connectivity index (χ0) is 23.0. The Balaban J connectivity index is 1.75. The van der Waals surface area contributed by atoms with Crippen LogP contribution in [-0.2, 0) is 19.1 Å². The van der Waals surface area contributed by atoms with Crippen molar-refractivity contribution in [2.24, 2.45) is 22.7 Å². The second-order valence-electron chi connectivity index (χ2n) is 10.3. The third-order valence-corrected chi connectivity index (χ3v) is 11.1. The highest BCUT2D eigenvalue weighted by molar-refractivity contribution is 9.10. The molecule has 8 atom stereocenters. The zero-order valence-electron chi connectivity index (χ0n) is 18.2.